The van der Waals surface area contributed by atoms with Crippen LogP contribution in [-0.4, -0.2) is 23.8 Å². The van der Waals surface area contributed by atoms with Crippen LogP contribution in [-0.2, 0) is 0 Å². The summed E-state index contributed by atoms with van der Waals surface area (Å²) >= 11 is 0. The molecule has 1 aromatic carbocycles. The Morgan fingerprint density at radius 1 is 1.14 bits per heavy atom. The van der Waals surface area contributed by atoms with Gasteiger partial charge in [0.2, 0.25) is 0 Å². The molecule has 2 amide bonds. The molecule has 118 valence electrons. The molecule has 0 fully saturated rings. The highest BCUT2D eigenvalue weighted by atomic mass is 16.3. The van der Waals surface area contributed by atoms with Crippen LogP contribution in [0, 0.1) is 5.92 Å². The molecule has 0 saturated heterocycles. The van der Waals surface area contributed by atoms with Crippen LogP contribution < -0.4 is 10.6 Å². The Balaban J connectivity index is 2.09. The van der Waals surface area contributed by atoms with Crippen molar-refractivity contribution >= 4 is 6.03 Å². The Bertz CT molecular complexity index is 569. The maximum absolute atomic E-state index is 12.2. The number of furan rings is 1. The van der Waals surface area contributed by atoms with Crippen LogP contribution in [0.1, 0.15) is 31.2 Å². The van der Waals surface area contributed by atoms with Gasteiger partial charge in [0.05, 0.1) is 6.26 Å². The maximum atomic E-state index is 12.2. The molecule has 22 heavy (non-hydrogen) atoms. The zero-order valence-corrected chi connectivity index (χ0v) is 12.8. The largest absolute Gasteiger partial charge is 0.467 e. The van der Waals surface area contributed by atoms with Crippen LogP contribution >= 0.6 is 0 Å². The average molecular weight is 302 g/mol. The van der Waals surface area contributed by atoms with Crippen LogP contribution in [0.2, 0.25) is 0 Å². The van der Waals surface area contributed by atoms with Gasteiger partial charge in [0.1, 0.15) is 11.8 Å². The number of aliphatic hydroxyl groups is 1. The second-order valence-corrected chi connectivity index (χ2v) is 5.43. The number of nitrogens with one attached hydrogen (secondary N) is 2. The third-order valence-electron chi connectivity index (χ3n) is 3.74. The van der Waals surface area contributed by atoms with Crippen molar-refractivity contribution in [3.05, 3.63) is 60.1 Å². The van der Waals surface area contributed by atoms with E-state index in [1.807, 2.05) is 50.2 Å². The Labute approximate surface area is 130 Å². The normalized spacial score (nSPS) is 14.9. The Hall–Kier alpha value is -2.27. The van der Waals surface area contributed by atoms with Gasteiger partial charge in [0.15, 0.2) is 0 Å². The van der Waals surface area contributed by atoms with Crippen LogP contribution in [0.4, 0.5) is 4.79 Å². The zero-order valence-electron chi connectivity index (χ0n) is 12.8. The summed E-state index contributed by atoms with van der Waals surface area (Å²) in [5.41, 5.74) is 0.940. The van der Waals surface area contributed by atoms with Crippen LogP contribution in [0.3, 0.4) is 0 Å². The van der Waals surface area contributed by atoms with E-state index in [1.54, 1.807) is 12.3 Å². The molecule has 0 aliphatic heterocycles. The van der Waals surface area contributed by atoms with Crippen molar-refractivity contribution in [3.8, 4) is 0 Å². The van der Waals surface area contributed by atoms with Gasteiger partial charge in [-0.05, 0) is 30.5 Å². The SMILES string of the molecule is CC(CO)C(C)NC(=O)NC(c1ccccc1)c1ccco1. The lowest BCUT2D eigenvalue weighted by atomic mass is 10.0. The Morgan fingerprint density at radius 2 is 1.86 bits per heavy atom. The molecule has 1 heterocycles. The van der Waals surface area contributed by atoms with Crippen molar-refractivity contribution in [1.82, 2.24) is 10.6 Å². The van der Waals surface area contributed by atoms with E-state index in [1.165, 1.54) is 0 Å². The van der Waals surface area contributed by atoms with E-state index in [9.17, 15) is 4.79 Å². The minimum Gasteiger partial charge on any atom is -0.467 e. The predicted molar refractivity (Wildman–Crippen MR) is 84.4 cm³/mol. The smallest absolute Gasteiger partial charge is 0.315 e. The van der Waals surface area contributed by atoms with Gasteiger partial charge >= 0.3 is 6.03 Å². The zero-order chi connectivity index (χ0) is 15.9. The topological polar surface area (TPSA) is 74.5 Å². The lowest BCUT2D eigenvalue weighted by molar-refractivity contribution is 0.199. The number of benzene rings is 1. The van der Waals surface area contributed by atoms with Crippen LogP contribution in [0.25, 0.3) is 0 Å². The summed E-state index contributed by atoms with van der Waals surface area (Å²) < 4.78 is 5.44. The van der Waals surface area contributed by atoms with Gasteiger partial charge in [-0.15, -0.1) is 0 Å². The molecule has 1 aromatic heterocycles. The maximum Gasteiger partial charge on any atom is 0.315 e. The second-order valence-electron chi connectivity index (χ2n) is 5.43. The Kier molecular flexibility index (Phi) is 5.61. The molecule has 0 aliphatic rings. The number of urea groups is 1. The number of hydrogen-bond acceptors (Lipinski definition) is 3. The number of aliphatic hydroxyl groups excluding tert-OH is 1. The number of hydrogen-bond donors (Lipinski definition) is 3. The molecule has 3 atom stereocenters. The molecule has 2 rings (SSSR count). The first-order valence-electron chi connectivity index (χ1n) is 7.38. The third kappa shape index (κ3) is 4.11. The summed E-state index contributed by atoms with van der Waals surface area (Å²) in [6, 6.07) is 12.5. The number of rotatable bonds is 6. The van der Waals surface area contributed by atoms with Gasteiger partial charge in [0.25, 0.3) is 0 Å². The lowest BCUT2D eigenvalue weighted by Gasteiger charge is -2.22. The highest BCUT2D eigenvalue weighted by Crippen LogP contribution is 2.22. The van der Waals surface area contributed by atoms with Crippen LogP contribution in [0.5, 0.6) is 0 Å². The molecule has 3 N–H and O–H groups in total. The number of carbonyl (C=O) groups excluding carboxylic acids is 1. The standard InChI is InChI=1S/C17H22N2O3/c1-12(11-20)13(2)18-17(21)19-16(15-9-6-10-22-15)14-7-4-3-5-8-14/h3-10,12-13,16,20H,11H2,1-2H3,(H2,18,19,21). The van der Waals surface area contributed by atoms with Crippen LogP contribution in [0.15, 0.2) is 53.1 Å². The fourth-order valence-electron chi connectivity index (χ4n) is 2.10. The van der Waals surface area contributed by atoms with Gasteiger partial charge in [-0.3, -0.25) is 0 Å². The van der Waals surface area contributed by atoms with Gasteiger partial charge in [-0.1, -0.05) is 37.3 Å². The van der Waals surface area contributed by atoms with E-state index >= 15 is 0 Å². The van der Waals surface area contributed by atoms with Crippen molar-refractivity contribution in [1.29, 1.82) is 0 Å². The van der Waals surface area contributed by atoms with Crippen molar-refractivity contribution < 1.29 is 14.3 Å². The highest BCUT2D eigenvalue weighted by Gasteiger charge is 2.21. The first kappa shape index (κ1) is 16.1. The molecule has 0 aliphatic carbocycles. The summed E-state index contributed by atoms with van der Waals surface area (Å²) in [6.45, 7) is 3.78. The number of carbonyl (C=O) groups is 1. The molecular weight excluding hydrogens is 280 g/mol. The predicted octanol–water partition coefficient (Wildman–Crippen LogP) is 2.69. The fraction of sp³-hybridized carbons (Fsp3) is 0.353. The summed E-state index contributed by atoms with van der Waals surface area (Å²) in [5, 5.41) is 14.9. The van der Waals surface area contributed by atoms with Gasteiger partial charge in [-0.25, -0.2) is 4.79 Å². The Morgan fingerprint density at radius 3 is 2.45 bits per heavy atom. The van der Waals surface area contributed by atoms with Crippen molar-refractivity contribution in [2.75, 3.05) is 6.61 Å². The molecule has 5 nitrogen and oxygen atoms in total. The van der Waals surface area contributed by atoms with E-state index in [2.05, 4.69) is 10.6 Å². The quantitative estimate of drug-likeness (QED) is 0.768. The highest BCUT2D eigenvalue weighted by molar-refractivity contribution is 5.75. The second kappa shape index (κ2) is 7.66. The van der Waals surface area contributed by atoms with Gasteiger partial charge in [-0.2, -0.15) is 0 Å². The van der Waals surface area contributed by atoms with Crippen molar-refractivity contribution in [3.63, 3.8) is 0 Å². The van der Waals surface area contributed by atoms with E-state index in [-0.39, 0.29) is 30.6 Å². The van der Waals surface area contributed by atoms with Gasteiger partial charge in [0, 0.05) is 12.6 Å². The minimum atomic E-state index is -0.354. The summed E-state index contributed by atoms with van der Waals surface area (Å²) in [5.74, 6) is 0.661. The first-order valence-corrected chi connectivity index (χ1v) is 7.38. The third-order valence-corrected chi connectivity index (χ3v) is 3.74. The lowest BCUT2D eigenvalue weighted by Crippen LogP contribution is -2.45. The van der Waals surface area contributed by atoms with Crippen molar-refractivity contribution in [2.24, 2.45) is 5.92 Å². The molecule has 2 aromatic rings. The summed E-state index contributed by atoms with van der Waals surface area (Å²) in [6.07, 6.45) is 1.58. The van der Waals surface area contributed by atoms with Gasteiger partial charge < -0.3 is 20.2 Å². The molecule has 3 unspecified atom stereocenters. The van der Waals surface area contributed by atoms with E-state index in [4.69, 9.17) is 9.52 Å². The molecule has 0 spiro atoms. The minimum absolute atomic E-state index is 0.00969. The molecule has 0 bridgehead atoms. The molecule has 0 saturated carbocycles. The monoisotopic (exact) mass is 302 g/mol. The molecular formula is C17H22N2O3. The molecule has 5 heteroatoms. The fourth-order valence-corrected chi connectivity index (χ4v) is 2.10. The summed E-state index contributed by atoms with van der Waals surface area (Å²) in [7, 11) is 0. The first-order chi connectivity index (χ1) is 10.6. The average Bonchev–Trinajstić information content (AvgIpc) is 3.06. The number of amides is 2. The van der Waals surface area contributed by atoms with E-state index in [0.29, 0.717) is 5.76 Å². The summed E-state index contributed by atoms with van der Waals surface area (Å²) in [4.78, 5) is 12.2. The van der Waals surface area contributed by atoms with E-state index < -0.39 is 0 Å². The van der Waals surface area contributed by atoms with E-state index in [0.717, 1.165) is 5.56 Å². The van der Waals surface area contributed by atoms with Crippen molar-refractivity contribution in [2.45, 2.75) is 25.9 Å². The molecule has 0 radical (unpaired) electrons.